The van der Waals surface area contributed by atoms with Crippen LogP contribution in [-0.4, -0.2) is 11.5 Å². The fraction of sp³-hybridized carbons (Fsp3) is 0.688. The van der Waals surface area contributed by atoms with Gasteiger partial charge < -0.3 is 5.32 Å². The Balaban J connectivity index is 2.01. The maximum atomic E-state index is 13.3. The minimum atomic E-state index is -0.232. The molecule has 1 heterocycles. The van der Waals surface area contributed by atoms with Crippen molar-refractivity contribution in [3.63, 3.8) is 0 Å². The van der Waals surface area contributed by atoms with Gasteiger partial charge in [0.05, 0.1) is 6.20 Å². The molecular weight excluding hydrogens is 239 g/mol. The van der Waals surface area contributed by atoms with Crippen LogP contribution in [0.5, 0.6) is 0 Å². The Bertz CT molecular complexity index is 375. The Morgan fingerprint density at radius 2 is 2.11 bits per heavy atom. The predicted octanol–water partition coefficient (Wildman–Crippen LogP) is 4.23. The van der Waals surface area contributed by atoms with Crippen molar-refractivity contribution in [3.8, 4) is 0 Å². The van der Waals surface area contributed by atoms with Crippen molar-refractivity contribution in [2.75, 3.05) is 6.54 Å². The summed E-state index contributed by atoms with van der Waals surface area (Å²) >= 11 is 0. The first kappa shape index (κ1) is 14.4. The van der Waals surface area contributed by atoms with Gasteiger partial charge in [0.25, 0.3) is 0 Å². The number of hydrogen-bond donors (Lipinski definition) is 1. The summed E-state index contributed by atoms with van der Waals surface area (Å²) in [7, 11) is 0. The number of nitrogens with zero attached hydrogens (tertiary/aromatic N) is 1. The lowest BCUT2D eigenvalue weighted by Gasteiger charge is -2.27. The molecule has 0 amide bonds. The van der Waals surface area contributed by atoms with Gasteiger partial charge >= 0.3 is 0 Å². The van der Waals surface area contributed by atoms with Gasteiger partial charge in [-0.1, -0.05) is 39.0 Å². The second kappa shape index (κ2) is 7.59. The number of nitrogens with one attached hydrogen (secondary N) is 1. The second-order valence-corrected chi connectivity index (χ2v) is 5.68. The van der Waals surface area contributed by atoms with Crippen LogP contribution in [0.15, 0.2) is 18.5 Å². The van der Waals surface area contributed by atoms with Crippen molar-refractivity contribution in [2.24, 2.45) is 5.92 Å². The summed E-state index contributed by atoms with van der Waals surface area (Å²) in [6.45, 7) is 3.14. The van der Waals surface area contributed by atoms with Gasteiger partial charge in [-0.15, -0.1) is 0 Å². The quantitative estimate of drug-likeness (QED) is 0.831. The third kappa shape index (κ3) is 4.57. The van der Waals surface area contributed by atoms with Crippen LogP contribution in [0.2, 0.25) is 0 Å². The first-order chi connectivity index (χ1) is 9.29. The van der Waals surface area contributed by atoms with E-state index in [1.165, 1.54) is 38.3 Å². The summed E-state index contributed by atoms with van der Waals surface area (Å²) in [4.78, 5) is 3.99. The van der Waals surface area contributed by atoms with Gasteiger partial charge in [0.1, 0.15) is 5.82 Å². The molecule has 2 nitrogen and oxygen atoms in total. The van der Waals surface area contributed by atoms with E-state index in [-0.39, 0.29) is 11.9 Å². The lowest BCUT2D eigenvalue weighted by Crippen LogP contribution is -2.25. The highest BCUT2D eigenvalue weighted by molar-refractivity contribution is 5.15. The van der Waals surface area contributed by atoms with Gasteiger partial charge in [0.2, 0.25) is 0 Å². The molecule has 0 saturated heterocycles. The number of halogens is 1. The molecule has 1 aliphatic carbocycles. The Morgan fingerprint density at radius 1 is 1.32 bits per heavy atom. The fourth-order valence-corrected chi connectivity index (χ4v) is 3.03. The van der Waals surface area contributed by atoms with E-state index < -0.39 is 0 Å². The number of pyridine rings is 1. The summed E-state index contributed by atoms with van der Waals surface area (Å²) in [6.07, 6.45) is 12.0. The lowest BCUT2D eigenvalue weighted by atomic mass is 9.83. The number of rotatable bonds is 6. The van der Waals surface area contributed by atoms with Crippen LogP contribution in [0.4, 0.5) is 4.39 Å². The minimum Gasteiger partial charge on any atom is -0.310 e. The average molecular weight is 264 g/mol. The molecule has 2 rings (SSSR count). The Kier molecular flexibility index (Phi) is 5.77. The lowest BCUT2D eigenvalue weighted by molar-refractivity contribution is 0.299. The number of aromatic nitrogens is 1. The van der Waals surface area contributed by atoms with Gasteiger partial charge in [-0.2, -0.15) is 0 Å². The van der Waals surface area contributed by atoms with Gasteiger partial charge in [0.15, 0.2) is 0 Å². The van der Waals surface area contributed by atoms with E-state index in [2.05, 4.69) is 17.2 Å². The molecule has 0 spiro atoms. The zero-order valence-corrected chi connectivity index (χ0v) is 11.9. The van der Waals surface area contributed by atoms with Gasteiger partial charge in [0, 0.05) is 12.2 Å². The normalized spacial score (nSPS) is 18.4. The summed E-state index contributed by atoms with van der Waals surface area (Å²) in [5, 5.41) is 3.55. The van der Waals surface area contributed by atoms with Gasteiger partial charge in [-0.3, -0.25) is 4.98 Å². The zero-order valence-electron chi connectivity index (χ0n) is 11.9. The van der Waals surface area contributed by atoms with Crippen LogP contribution in [0, 0.1) is 11.7 Å². The largest absolute Gasteiger partial charge is 0.310 e. The topological polar surface area (TPSA) is 24.9 Å². The molecule has 0 aliphatic heterocycles. The zero-order chi connectivity index (χ0) is 13.5. The molecule has 1 unspecified atom stereocenters. The molecule has 19 heavy (non-hydrogen) atoms. The third-order valence-electron chi connectivity index (χ3n) is 4.06. The van der Waals surface area contributed by atoms with Crippen molar-refractivity contribution in [1.82, 2.24) is 10.3 Å². The first-order valence-electron chi connectivity index (χ1n) is 7.63. The van der Waals surface area contributed by atoms with Crippen molar-refractivity contribution in [2.45, 2.75) is 57.9 Å². The molecule has 1 aromatic rings. The average Bonchev–Trinajstić information content (AvgIpc) is 2.44. The molecule has 0 bridgehead atoms. The maximum absolute atomic E-state index is 13.3. The summed E-state index contributed by atoms with van der Waals surface area (Å²) < 4.78 is 13.3. The van der Waals surface area contributed by atoms with Crippen LogP contribution in [0.25, 0.3) is 0 Å². The molecule has 1 N–H and O–H groups in total. The Labute approximate surface area is 115 Å². The van der Waals surface area contributed by atoms with E-state index >= 15 is 0 Å². The first-order valence-corrected chi connectivity index (χ1v) is 7.63. The van der Waals surface area contributed by atoms with Gasteiger partial charge in [-0.05, 0) is 36.9 Å². The SMILES string of the molecule is CCCNC(CC1CCCCC1)c1cncc(F)c1. The molecule has 1 aromatic heterocycles. The molecule has 1 atom stereocenters. The molecule has 1 aliphatic rings. The summed E-state index contributed by atoms with van der Waals surface area (Å²) in [5.74, 6) is 0.552. The highest BCUT2D eigenvalue weighted by Crippen LogP contribution is 2.31. The fourth-order valence-electron chi connectivity index (χ4n) is 3.03. The van der Waals surface area contributed by atoms with Crippen LogP contribution in [-0.2, 0) is 0 Å². The maximum Gasteiger partial charge on any atom is 0.141 e. The van der Waals surface area contributed by atoms with E-state index in [1.54, 1.807) is 12.3 Å². The molecule has 1 saturated carbocycles. The smallest absolute Gasteiger partial charge is 0.141 e. The van der Waals surface area contributed by atoms with Crippen LogP contribution < -0.4 is 5.32 Å². The molecule has 0 radical (unpaired) electrons. The van der Waals surface area contributed by atoms with Gasteiger partial charge in [-0.25, -0.2) is 4.39 Å². The predicted molar refractivity (Wildman–Crippen MR) is 76.4 cm³/mol. The van der Waals surface area contributed by atoms with E-state index in [9.17, 15) is 4.39 Å². The molecule has 0 aromatic carbocycles. The Morgan fingerprint density at radius 3 is 2.79 bits per heavy atom. The standard InChI is InChI=1S/C16H25FN2/c1-2-8-19-16(9-13-6-4-3-5-7-13)14-10-15(17)12-18-11-14/h10-13,16,19H,2-9H2,1H3. The van der Waals surface area contributed by atoms with E-state index in [4.69, 9.17) is 0 Å². The Hall–Kier alpha value is -0.960. The molecule has 1 fully saturated rings. The van der Waals surface area contributed by atoms with E-state index in [0.29, 0.717) is 0 Å². The van der Waals surface area contributed by atoms with Crippen molar-refractivity contribution in [3.05, 3.63) is 29.8 Å². The highest BCUT2D eigenvalue weighted by atomic mass is 19.1. The highest BCUT2D eigenvalue weighted by Gasteiger charge is 2.20. The molecule has 3 heteroatoms. The van der Waals surface area contributed by atoms with Crippen molar-refractivity contribution >= 4 is 0 Å². The van der Waals surface area contributed by atoms with E-state index in [1.807, 2.05) is 0 Å². The monoisotopic (exact) mass is 264 g/mol. The second-order valence-electron chi connectivity index (χ2n) is 5.68. The van der Waals surface area contributed by atoms with Crippen molar-refractivity contribution in [1.29, 1.82) is 0 Å². The molecule has 106 valence electrons. The number of hydrogen-bond acceptors (Lipinski definition) is 2. The van der Waals surface area contributed by atoms with E-state index in [0.717, 1.165) is 30.9 Å². The van der Waals surface area contributed by atoms with Crippen LogP contribution in [0.3, 0.4) is 0 Å². The summed E-state index contributed by atoms with van der Waals surface area (Å²) in [6, 6.07) is 1.88. The third-order valence-corrected chi connectivity index (χ3v) is 4.06. The van der Waals surface area contributed by atoms with Crippen molar-refractivity contribution < 1.29 is 4.39 Å². The minimum absolute atomic E-state index is 0.232. The summed E-state index contributed by atoms with van der Waals surface area (Å²) in [5.41, 5.74) is 0.999. The van der Waals surface area contributed by atoms with Crippen LogP contribution >= 0.6 is 0 Å². The molecular formula is C16H25FN2. The van der Waals surface area contributed by atoms with Crippen LogP contribution in [0.1, 0.15) is 63.5 Å².